The van der Waals surface area contributed by atoms with E-state index >= 15 is 0 Å². The molecule has 0 aromatic carbocycles. The molecule has 0 unspecified atom stereocenters. The van der Waals surface area contributed by atoms with Crippen LogP contribution in [0.15, 0.2) is 0 Å². The number of hydrogen-bond donors (Lipinski definition) is 0. The second-order valence-electron chi connectivity index (χ2n) is 7.50. The molecular formula is C19H31N3O5. The number of carbonyl (C=O) groups is 3. The predicted molar refractivity (Wildman–Crippen MR) is 98.0 cm³/mol. The summed E-state index contributed by atoms with van der Waals surface area (Å²) in [5, 5.41) is 0. The minimum absolute atomic E-state index is 0.00730. The lowest BCUT2D eigenvalue weighted by Gasteiger charge is -2.38. The number of ether oxygens (including phenoxy) is 2. The van der Waals surface area contributed by atoms with Gasteiger partial charge < -0.3 is 24.2 Å². The highest BCUT2D eigenvalue weighted by Crippen LogP contribution is 2.31. The van der Waals surface area contributed by atoms with Gasteiger partial charge in [-0.05, 0) is 32.6 Å². The van der Waals surface area contributed by atoms with Crippen LogP contribution >= 0.6 is 0 Å². The van der Waals surface area contributed by atoms with E-state index in [4.69, 9.17) is 9.47 Å². The molecule has 27 heavy (non-hydrogen) atoms. The quantitative estimate of drug-likeness (QED) is 0.727. The third-order valence-corrected chi connectivity index (χ3v) is 5.87. The lowest BCUT2D eigenvalue weighted by atomic mass is 9.80. The van der Waals surface area contributed by atoms with Gasteiger partial charge in [0.2, 0.25) is 11.8 Å². The Hall–Kier alpha value is -1.83. The highest BCUT2D eigenvalue weighted by Gasteiger charge is 2.35. The number of nitrogens with zero attached hydrogens (tertiary/aromatic N) is 3. The Balaban J connectivity index is 1.42. The summed E-state index contributed by atoms with van der Waals surface area (Å²) in [4.78, 5) is 42.6. The zero-order chi connectivity index (χ0) is 19.2. The molecule has 0 aromatic heterocycles. The van der Waals surface area contributed by atoms with Gasteiger partial charge in [0.1, 0.15) is 0 Å². The first-order chi connectivity index (χ1) is 13.1. The summed E-state index contributed by atoms with van der Waals surface area (Å²) in [6.07, 6.45) is 2.83. The normalized spacial score (nSPS) is 26.6. The van der Waals surface area contributed by atoms with E-state index < -0.39 is 0 Å². The van der Waals surface area contributed by atoms with E-state index in [1.807, 2.05) is 9.80 Å². The summed E-state index contributed by atoms with van der Waals surface area (Å²) in [6, 6.07) is 0. The molecule has 2 saturated heterocycles. The van der Waals surface area contributed by atoms with E-state index in [9.17, 15) is 14.4 Å². The minimum atomic E-state index is -0.299. The van der Waals surface area contributed by atoms with Crippen LogP contribution in [0.4, 0.5) is 4.79 Å². The molecule has 3 rings (SSSR count). The summed E-state index contributed by atoms with van der Waals surface area (Å²) in [7, 11) is 0. The van der Waals surface area contributed by atoms with Crippen molar-refractivity contribution < 1.29 is 23.9 Å². The van der Waals surface area contributed by atoms with E-state index in [0.29, 0.717) is 59.1 Å². The summed E-state index contributed by atoms with van der Waals surface area (Å²) in [6.45, 7) is 6.93. The van der Waals surface area contributed by atoms with E-state index in [2.05, 4.69) is 0 Å². The molecule has 152 valence electrons. The van der Waals surface area contributed by atoms with Crippen molar-refractivity contribution in [2.24, 2.45) is 11.8 Å². The van der Waals surface area contributed by atoms with Gasteiger partial charge in [-0.2, -0.15) is 0 Å². The van der Waals surface area contributed by atoms with E-state index in [0.717, 1.165) is 25.7 Å². The monoisotopic (exact) mass is 381 g/mol. The molecule has 0 aromatic rings. The SMILES string of the molecule is CCOC(=O)N1CCN(C(=O)C2CCC(C(=O)N3CCOCC3)CC2)CC1. The summed E-state index contributed by atoms with van der Waals surface area (Å²) in [5.41, 5.74) is 0. The van der Waals surface area contributed by atoms with Crippen molar-refractivity contribution in [2.45, 2.75) is 32.6 Å². The average molecular weight is 381 g/mol. The van der Waals surface area contributed by atoms with Crippen molar-refractivity contribution in [2.75, 3.05) is 59.1 Å². The Labute approximate surface area is 160 Å². The van der Waals surface area contributed by atoms with Gasteiger partial charge >= 0.3 is 6.09 Å². The molecule has 3 aliphatic rings. The lowest BCUT2D eigenvalue weighted by molar-refractivity contribution is -0.144. The van der Waals surface area contributed by atoms with Gasteiger partial charge in [-0.25, -0.2) is 4.79 Å². The maximum Gasteiger partial charge on any atom is 0.409 e. The molecule has 0 N–H and O–H groups in total. The fraction of sp³-hybridized carbons (Fsp3) is 0.842. The third-order valence-electron chi connectivity index (χ3n) is 5.87. The van der Waals surface area contributed by atoms with Gasteiger partial charge in [0.25, 0.3) is 0 Å². The van der Waals surface area contributed by atoms with Crippen molar-refractivity contribution in [3.63, 3.8) is 0 Å². The second kappa shape index (κ2) is 9.39. The zero-order valence-electron chi connectivity index (χ0n) is 16.2. The Kier molecular flexibility index (Phi) is 6.93. The van der Waals surface area contributed by atoms with Crippen LogP contribution in [0.2, 0.25) is 0 Å². The number of amides is 3. The first-order valence-corrected chi connectivity index (χ1v) is 10.2. The fourth-order valence-corrected chi connectivity index (χ4v) is 4.21. The Morgan fingerprint density at radius 1 is 0.778 bits per heavy atom. The number of carbonyl (C=O) groups excluding carboxylic acids is 3. The summed E-state index contributed by atoms with van der Waals surface area (Å²) < 4.78 is 10.3. The first-order valence-electron chi connectivity index (χ1n) is 10.2. The molecule has 8 heteroatoms. The topological polar surface area (TPSA) is 79.4 Å². The van der Waals surface area contributed by atoms with Gasteiger partial charge in [-0.1, -0.05) is 0 Å². The maximum atomic E-state index is 12.8. The van der Waals surface area contributed by atoms with E-state index in [1.165, 1.54) is 0 Å². The van der Waals surface area contributed by atoms with Crippen LogP contribution < -0.4 is 0 Å². The van der Waals surface area contributed by atoms with E-state index in [1.54, 1.807) is 11.8 Å². The summed E-state index contributed by atoms with van der Waals surface area (Å²) in [5.74, 6) is 0.462. The van der Waals surface area contributed by atoms with Gasteiger partial charge in [-0.3, -0.25) is 9.59 Å². The van der Waals surface area contributed by atoms with Crippen LogP contribution in [0.5, 0.6) is 0 Å². The van der Waals surface area contributed by atoms with Crippen LogP contribution in [0.25, 0.3) is 0 Å². The Bertz CT molecular complexity index is 533. The molecule has 3 fully saturated rings. The molecule has 2 aliphatic heterocycles. The maximum absolute atomic E-state index is 12.8. The highest BCUT2D eigenvalue weighted by atomic mass is 16.6. The van der Waals surface area contributed by atoms with Crippen molar-refractivity contribution in [3.8, 4) is 0 Å². The predicted octanol–water partition coefficient (Wildman–Crippen LogP) is 0.952. The van der Waals surface area contributed by atoms with Crippen molar-refractivity contribution in [3.05, 3.63) is 0 Å². The van der Waals surface area contributed by atoms with Crippen LogP contribution in [0.1, 0.15) is 32.6 Å². The van der Waals surface area contributed by atoms with Crippen molar-refractivity contribution in [1.29, 1.82) is 0 Å². The van der Waals surface area contributed by atoms with Crippen LogP contribution in [0.3, 0.4) is 0 Å². The molecule has 0 bridgehead atoms. The Morgan fingerprint density at radius 2 is 1.22 bits per heavy atom. The second-order valence-corrected chi connectivity index (χ2v) is 7.50. The van der Waals surface area contributed by atoms with Gasteiger partial charge in [0.15, 0.2) is 0 Å². The van der Waals surface area contributed by atoms with E-state index in [-0.39, 0.29) is 29.7 Å². The van der Waals surface area contributed by atoms with Gasteiger partial charge in [0.05, 0.1) is 19.8 Å². The van der Waals surface area contributed by atoms with Crippen LogP contribution in [0, 0.1) is 11.8 Å². The van der Waals surface area contributed by atoms with Crippen LogP contribution in [-0.2, 0) is 19.1 Å². The van der Waals surface area contributed by atoms with Gasteiger partial charge in [0, 0.05) is 51.1 Å². The molecule has 3 amide bonds. The number of rotatable bonds is 3. The molecule has 8 nitrogen and oxygen atoms in total. The molecule has 0 radical (unpaired) electrons. The van der Waals surface area contributed by atoms with Crippen molar-refractivity contribution >= 4 is 17.9 Å². The fourth-order valence-electron chi connectivity index (χ4n) is 4.21. The lowest BCUT2D eigenvalue weighted by Crippen LogP contribution is -2.52. The average Bonchev–Trinajstić information content (AvgIpc) is 2.74. The molecule has 0 atom stereocenters. The molecular weight excluding hydrogens is 350 g/mol. The zero-order valence-corrected chi connectivity index (χ0v) is 16.2. The highest BCUT2D eigenvalue weighted by molar-refractivity contribution is 5.81. The third kappa shape index (κ3) is 4.91. The smallest absolute Gasteiger partial charge is 0.409 e. The van der Waals surface area contributed by atoms with Gasteiger partial charge in [-0.15, -0.1) is 0 Å². The largest absolute Gasteiger partial charge is 0.450 e. The summed E-state index contributed by atoms with van der Waals surface area (Å²) >= 11 is 0. The standard InChI is InChI=1S/C19H31N3O5/c1-2-27-19(25)22-9-7-20(8-10-22)17(23)15-3-5-16(6-4-15)18(24)21-11-13-26-14-12-21/h15-16H,2-14H2,1H3. The molecule has 1 saturated carbocycles. The molecule has 2 heterocycles. The Morgan fingerprint density at radius 3 is 1.70 bits per heavy atom. The first kappa shape index (κ1) is 19.9. The number of hydrogen-bond acceptors (Lipinski definition) is 5. The number of morpholine rings is 1. The van der Waals surface area contributed by atoms with Crippen molar-refractivity contribution in [1.82, 2.24) is 14.7 Å². The minimum Gasteiger partial charge on any atom is -0.450 e. The van der Waals surface area contributed by atoms with Crippen LogP contribution in [-0.4, -0.2) is 91.7 Å². The molecule has 0 spiro atoms. The molecule has 1 aliphatic carbocycles. The number of piperazine rings is 1.